The molecule has 7 heteroatoms. The molecule has 1 heterocycles. The second-order valence-corrected chi connectivity index (χ2v) is 5.67. The molecule has 5 nitrogen and oxygen atoms in total. The van der Waals surface area contributed by atoms with Crippen LogP contribution in [0.3, 0.4) is 0 Å². The molecule has 0 unspecified atom stereocenters. The number of carbonyl (C=O) groups is 1. The summed E-state index contributed by atoms with van der Waals surface area (Å²) in [6, 6.07) is 5.64. The zero-order valence-electron chi connectivity index (χ0n) is 12.5. The molecule has 1 aromatic heterocycles. The van der Waals surface area contributed by atoms with Crippen molar-refractivity contribution in [2.45, 2.75) is 32.7 Å². The van der Waals surface area contributed by atoms with E-state index in [1.54, 1.807) is 6.20 Å². The lowest BCUT2D eigenvalue weighted by Gasteiger charge is -2.21. The molecule has 1 amide bonds. The van der Waals surface area contributed by atoms with Gasteiger partial charge in [0.2, 0.25) is 5.91 Å². The van der Waals surface area contributed by atoms with Crippen molar-refractivity contribution in [2.75, 3.05) is 5.01 Å². The number of benzene rings is 1. The highest BCUT2D eigenvalue weighted by molar-refractivity contribution is 7.11. The first-order valence-corrected chi connectivity index (χ1v) is 7.90. The summed E-state index contributed by atoms with van der Waals surface area (Å²) in [5.74, 6) is 5.81. The summed E-state index contributed by atoms with van der Waals surface area (Å²) in [5.41, 5.74) is 2.54. The number of hydrogen-bond donors (Lipinski definition) is 1. The van der Waals surface area contributed by atoms with Crippen molar-refractivity contribution in [3.8, 4) is 5.19 Å². The van der Waals surface area contributed by atoms with Gasteiger partial charge in [-0.25, -0.2) is 15.8 Å². The lowest BCUT2D eigenvalue weighted by molar-refractivity contribution is -0.118. The van der Waals surface area contributed by atoms with Crippen LogP contribution in [-0.2, 0) is 11.4 Å². The lowest BCUT2D eigenvalue weighted by Crippen LogP contribution is -2.38. The molecule has 0 saturated heterocycles. The maximum absolute atomic E-state index is 12.1. The molecular weight excluding hydrogens is 297 g/mol. The molecular formula is C15H18BN3O2S. The summed E-state index contributed by atoms with van der Waals surface area (Å²) in [6.45, 7) is 2.27. The average Bonchev–Trinajstić information content (AvgIpc) is 3.03. The Morgan fingerprint density at radius 2 is 2.32 bits per heavy atom. The number of nitrogens with zero attached hydrogens (tertiary/aromatic N) is 2. The molecule has 0 aliphatic carbocycles. The van der Waals surface area contributed by atoms with E-state index >= 15 is 0 Å². The van der Waals surface area contributed by atoms with E-state index < -0.39 is 0 Å². The van der Waals surface area contributed by atoms with Crippen molar-refractivity contribution >= 4 is 30.8 Å². The molecule has 0 bridgehead atoms. The standard InChI is InChI=1S/C15H18BN3O2S/c1-11-4-2-5-13(19(17)14(20)6-3-7-16)12(11)10-21-15-18-8-9-22-15/h2,4-5,8-9H,3,6-7,10,17H2,1H3. The zero-order valence-corrected chi connectivity index (χ0v) is 13.3. The minimum Gasteiger partial charge on any atom is -0.465 e. The minimum atomic E-state index is -0.161. The number of hydrogen-bond acceptors (Lipinski definition) is 5. The van der Waals surface area contributed by atoms with Gasteiger partial charge in [0.1, 0.15) is 6.61 Å². The van der Waals surface area contributed by atoms with Crippen molar-refractivity contribution in [2.24, 2.45) is 5.84 Å². The predicted octanol–water partition coefficient (Wildman–Crippen LogP) is 2.60. The molecule has 0 aliphatic rings. The molecule has 0 aliphatic heterocycles. The quantitative estimate of drug-likeness (QED) is 0.369. The summed E-state index contributed by atoms with van der Waals surface area (Å²) in [4.78, 5) is 16.2. The number of ether oxygens (including phenoxy) is 1. The second kappa shape index (κ2) is 7.96. The molecule has 2 N–H and O–H groups in total. The van der Waals surface area contributed by atoms with Gasteiger partial charge in [-0.1, -0.05) is 36.2 Å². The third-order valence-electron chi connectivity index (χ3n) is 3.26. The molecule has 0 spiro atoms. The van der Waals surface area contributed by atoms with Crippen molar-refractivity contribution in [3.05, 3.63) is 40.9 Å². The van der Waals surface area contributed by atoms with Crippen LogP contribution in [-0.4, -0.2) is 18.7 Å². The van der Waals surface area contributed by atoms with Crippen LogP contribution in [0.15, 0.2) is 29.8 Å². The van der Waals surface area contributed by atoms with Crippen molar-refractivity contribution in [1.82, 2.24) is 4.98 Å². The van der Waals surface area contributed by atoms with Gasteiger partial charge in [-0.15, -0.1) is 0 Å². The van der Waals surface area contributed by atoms with Crippen LogP contribution in [0.5, 0.6) is 5.19 Å². The molecule has 2 rings (SSSR count). The van der Waals surface area contributed by atoms with Gasteiger partial charge in [0.05, 0.1) is 13.5 Å². The fourth-order valence-electron chi connectivity index (χ4n) is 2.02. The van der Waals surface area contributed by atoms with E-state index in [9.17, 15) is 4.79 Å². The topological polar surface area (TPSA) is 68.5 Å². The Labute approximate surface area is 135 Å². The molecule has 0 saturated carbocycles. The van der Waals surface area contributed by atoms with Gasteiger partial charge in [-0.05, 0) is 18.6 Å². The maximum Gasteiger partial charge on any atom is 0.273 e. The fraction of sp³-hybridized carbons (Fsp3) is 0.333. The Morgan fingerprint density at radius 3 is 3.00 bits per heavy atom. The molecule has 2 aromatic rings. The Kier molecular flexibility index (Phi) is 5.97. The van der Waals surface area contributed by atoms with Crippen LogP contribution in [0.1, 0.15) is 24.0 Å². The van der Waals surface area contributed by atoms with Gasteiger partial charge >= 0.3 is 0 Å². The monoisotopic (exact) mass is 315 g/mol. The Balaban J connectivity index is 2.16. The molecule has 0 fully saturated rings. The van der Waals surface area contributed by atoms with E-state index in [1.807, 2.05) is 30.5 Å². The Hall–Kier alpha value is -1.86. The molecule has 2 radical (unpaired) electrons. The van der Waals surface area contributed by atoms with Crippen LogP contribution in [0.2, 0.25) is 6.32 Å². The number of carbonyl (C=O) groups excluding carboxylic acids is 1. The molecule has 22 heavy (non-hydrogen) atoms. The number of hydrazine groups is 1. The van der Waals surface area contributed by atoms with Gasteiger partial charge in [-0.3, -0.25) is 4.79 Å². The van der Waals surface area contributed by atoms with E-state index in [1.165, 1.54) is 16.3 Å². The number of rotatable bonds is 7. The summed E-state index contributed by atoms with van der Waals surface area (Å²) in [5, 5.41) is 3.62. The second-order valence-electron chi connectivity index (χ2n) is 4.82. The number of thiazole rings is 1. The van der Waals surface area contributed by atoms with E-state index in [0.717, 1.165) is 11.1 Å². The normalized spacial score (nSPS) is 10.5. The summed E-state index contributed by atoms with van der Waals surface area (Å²) >= 11 is 1.42. The first-order chi connectivity index (χ1) is 10.6. The van der Waals surface area contributed by atoms with Crippen LogP contribution in [0.4, 0.5) is 5.69 Å². The number of amides is 1. The van der Waals surface area contributed by atoms with Gasteiger partial charge in [0, 0.05) is 23.6 Å². The highest BCUT2D eigenvalue weighted by atomic mass is 32.1. The number of anilines is 1. The summed E-state index contributed by atoms with van der Waals surface area (Å²) in [7, 11) is 5.43. The van der Waals surface area contributed by atoms with Gasteiger partial charge in [0.25, 0.3) is 5.19 Å². The number of aromatic nitrogens is 1. The van der Waals surface area contributed by atoms with Crippen LogP contribution in [0.25, 0.3) is 0 Å². The van der Waals surface area contributed by atoms with Crippen LogP contribution in [0, 0.1) is 6.92 Å². The third kappa shape index (κ3) is 4.08. The Morgan fingerprint density at radius 1 is 1.50 bits per heavy atom. The largest absolute Gasteiger partial charge is 0.465 e. The van der Waals surface area contributed by atoms with E-state index in [4.69, 9.17) is 18.4 Å². The number of nitrogens with two attached hydrogens (primary N) is 1. The van der Waals surface area contributed by atoms with E-state index in [2.05, 4.69) is 4.98 Å². The molecule has 0 atom stereocenters. The highest BCUT2D eigenvalue weighted by Crippen LogP contribution is 2.25. The van der Waals surface area contributed by atoms with Gasteiger partial charge in [-0.2, -0.15) is 0 Å². The van der Waals surface area contributed by atoms with Crippen molar-refractivity contribution in [1.29, 1.82) is 0 Å². The lowest BCUT2D eigenvalue weighted by atomic mass is 10.00. The first-order valence-electron chi connectivity index (χ1n) is 7.02. The predicted molar refractivity (Wildman–Crippen MR) is 89.1 cm³/mol. The van der Waals surface area contributed by atoms with Gasteiger partial charge < -0.3 is 4.74 Å². The smallest absolute Gasteiger partial charge is 0.273 e. The van der Waals surface area contributed by atoms with Crippen molar-refractivity contribution in [3.63, 3.8) is 0 Å². The van der Waals surface area contributed by atoms with Gasteiger partial charge in [0.15, 0.2) is 0 Å². The summed E-state index contributed by atoms with van der Waals surface area (Å²) < 4.78 is 5.66. The number of aryl methyl sites for hydroxylation is 1. The maximum atomic E-state index is 12.1. The molecule has 114 valence electrons. The van der Waals surface area contributed by atoms with Crippen LogP contribution < -0.4 is 15.6 Å². The van der Waals surface area contributed by atoms with Crippen LogP contribution >= 0.6 is 11.3 Å². The summed E-state index contributed by atoms with van der Waals surface area (Å²) in [6.07, 6.45) is 3.09. The first kappa shape index (κ1) is 16.5. The minimum absolute atomic E-state index is 0.161. The highest BCUT2D eigenvalue weighted by Gasteiger charge is 2.16. The average molecular weight is 315 g/mol. The molecule has 1 aromatic carbocycles. The SMILES string of the molecule is [B]CCCC(=O)N(N)c1cccc(C)c1COc1nccs1. The fourth-order valence-corrected chi connectivity index (χ4v) is 2.51. The third-order valence-corrected chi connectivity index (χ3v) is 3.94. The Bertz CT molecular complexity index is 619. The van der Waals surface area contributed by atoms with E-state index in [0.29, 0.717) is 36.6 Å². The zero-order chi connectivity index (χ0) is 15.9. The van der Waals surface area contributed by atoms with E-state index in [-0.39, 0.29) is 5.91 Å². The van der Waals surface area contributed by atoms with Crippen molar-refractivity contribution < 1.29 is 9.53 Å².